The first kappa shape index (κ1) is 15.1. The molecular formula is C10H17BF4N-. The Morgan fingerprint density at radius 1 is 1.31 bits per heavy atom. The van der Waals surface area contributed by atoms with Gasteiger partial charge in [-0.3, -0.25) is 0 Å². The zero-order valence-corrected chi connectivity index (χ0v) is 9.60. The quantitative estimate of drug-likeness (QED) is 0.533. The van der Waals surface area contributed by atoms with Crippen LogP contribution in [0.5, 0.6) is 0 Å². The van der Waals surface area contributed by atoms with Gasteiger partial charge in [0.15, 0.2) is 0 Å². The third kappa shape index (κ3) is 11.1. The van der Waals surface area contributed by atoms with Crippen molar-refractivity contribution in [1.29, 1.82) is 0 Å². The van der Waals surface area contributed by atoms with Crippen molar-refractivity contribution >= 4 is 7.25 Å². The van der Waals surface area contributed by atoms with Crippen molar-refractivity contribution in [2.45, 2.75) is 26.7 Å². The van der Waals surface area contributed by atoms with Gasteiger partial charge in [0.2, 0.25) is 0 Å². The molecule has 1 rings (SSSR count). The van der Waals surface area contributed by atoms with Gasteiger partial charge in [-0.15, -0.1) is 0 Å². The highest BCUT2D eigenvalue weighted by Gasteiger charge is 2.20. The lowest BCUT2D eigenvalue weighted by atomic mass is 10.2. The molecule has 0 aromatic rings. The Bertz CT molecular complexity index is 242. The second kappa shape index (κ2) is 7.36. The molecule has 1 aliphatic heterocycles. The van der Waals surface area contributed by atoms with Gasteiger partial charge in [0, 0.05) is 13.1 Å². The fourth-order valence-electron chi connectivity index (χ4n) is 1.27. The molecule has 1 nitrogen and oxygen atoms in total. The minimum absolute atomic E-state index is 1.12. The molecule has 0 atom stereocenters. The Kier molecular flexibility index (Phi) is 6.93. The molecule has 0 amide bonds. The molecule has 0 aromatic carbocycles. The summed E-state index contributed by atoms with van der Waals surface area (Å²) in [7, 11) is -6.00. The number of allylic oxidation sites excluding steroid dienone is 2. The molecule has 1 aliphatic rings. The van der Waals surface area contributed by atoms with E-state index in [0.717, 1.165) is 6.54 Å². The van der Waals surface area contributed by atoms with Gasteiger partial charge >= 0.3 is 7.25 Å². The molecule has 1 heterocycles. The number of unbranched alkanes of at least 4 members (excludes halogenated alkanes) is 1. The molecule has 0 radical (unpaired) electrons. The van der Waals surface area contributed by atoms with E-state index in [4.69, 9.17) is 0 Å². The van der Waals surface area contributed by atoms with E-state index < -0.39 is 7.25 Å². The van der Waals surface area contributed by atoms with E-state index in [1.165, 1.54) is 25.0 Å². The minimum Gasteiger partial charge on any atom is -0.418 e. The van der Waals surface area contributed by atoms with Crippen molar-refractivity contribution in [3.05, 3.63) is 23.9 Å². The summed E-state index contributed by atoms with van der Waals surface area (Å²) in [5, 5.41) is 0. The third-order valence-corrected chi connectivity index (χ3v) is 1.93. The monoisotopic (exact) mass is 238 g/mol. The molecule has 0 N–H and O–H groups in total. The molecule has 0 spiro atoms. The van der Waals surface area contributed by atoms with E-state index in [1.54, 1.807) is 0 Å². The van der Waals surface area contributed by atoms with Gasteiger partial charge in [0.05, 0.1) is 0 Å². The van der Waals surface area contributed by atoms with Crippen LogP contribution in [0.15, 0.2) is 23.9 Å². The topological polar surface area (TPSA) is 3.24 Å². The van der Waals surface area contributed by atoms with Crippen molar-refractivity contribution in [2.24, 2.45) is 0 Å². The molecular weight excluding hydrogens is 221 g/mol. The summed E-state index contributed by atoms with van der Waals surface area (Å²) in [6, 6.07) is 0. The molecule has 0 aromatic heterocycles. The Labute approximate surface area is 93.9 Å². The van der Waals surface area contributed by atoms with Crippen LogP contribution in [0.25, 0.3) is 0 Å². The molecule has 0 saturated heterocycles. The van der Waals surface area contributed by atoms with Crippen LogP contribution in [0.2, 0.25) is 0 Å². The van der Waals surface area contributed by atoms with Crippen LogP contribution < -0.4 is 0 Å². The van der Waals surface area contributed by atoms with Crippen LogP contribution in [0.3, 0.4) is 0 Å². The van der Waals surface area contributed by atoms with Crippen LogP contribution in [-0.2, 0) is 0 Å². The van der Waals surface area contributed by atoms with E-state index >= 15 is 0 Å². The van der Waals surface area contributed by atoms with Gasteiger partial charge in [-0.2, -0.15) is 0 Å². The summed E-state index contributed by atoms with van der Waals surface area (Å²) in [5.74, 6) is 0. The van der Waals surface area contributed by atoms with Gasteiger partial charge in [-0.25, -0.2) is 0 Å². The second-order valence-corrected chi connectivity index (χ2v) is 3.67. The minimum atomic E-state index is -6.00. The lowest BCUT2D eigenvalue weighted by Gasteiger charge is -2.22. The zero-order valence-electron chi connectivity index (χ0n) is 9.60. The Hall–Kier alpha value is -0.935. The van der Waals surface area contributed by atoms with Crippen LogP contribution in [0.1, 0.15) is 26.7 Å². The zero-order chi connectivity index (χ0) is 12.6. The average molecular weight is 238 g/mol. The van der Waals surface area contributed by atoms with Crippen molar-refractivity contribution < 1.29 is 17.3 Å². The van der Waals surface area contributed by atoms with Crippen molar-refractivity contribution in [3.63, 3.8) is 0 Å². The lowest BCUT2D eigenvalue weighted by molar-refractivity contribution is 0.368. The largest absolute Gasteiger partial charge is 0.673 e. The normalized spacial score (nSPS) is 15.4. The summed E-state index contributed by atoms with van der Waals surface area (Å²) in [4.78, 5) is 2.37. The Balaban J connectivity index is 0.000000385. The molecule has 0 aliphatic carbocycles. The number of hydrogen-bond acceptors (Lipinski definition) is 1. The number of nitrogens with zero attached hydrogens (tertiary/aromatic N) is 1. The van der Waals surface area contributed by atoms with Crippen molar-refractivity contribution in [1.82, 2.24) is 4.90 Å². The van der Waals surface area contributed by atoms with E-state index in [1.807, 2.05) is 0 Å². The molecule has 16 heavy (non-hydrogen) atoms. The highest BCUT2D eigenvalue weighted by molar-refractivity contribution is 6.50. The molecule has 0 bridgehead atoms. The lowest BCUT2D eigenvalue weighted by Crippen LogP contribution is -2.22. The van der Waals surface area contributed by atoms with Crippen LogP contribution >= 0.6 is 0 Å². The van der Waals surface area contributed by atoms with Gasteiger partial charge in [-0.1, -0.05) is 25.0 Å². The predicted molar refractivity (Wildman–Crippen MR) is 59.6 cm³/mol. The van der Waals surface area contributed by atoms with E-state index in [-0.39, 0.29) is 0 Å². The van der Waals surface area contributed by atoms with E-state index in [0.29, 0.717) is 0 Å². The Morgan fingerprint density at radius 2 is 1.88 bits per heavy atom. The van der Waals surface area contributed by atoms with Gasteiger partial charge < -0.3 is 22.2 Å². The average Bonchev–Trinajstić information content (AvgIpc) is 2.12. The summed E-state index contributed by atoms with van der Waals surface area (Å²) in [6.45, 7) is 6.74. The molecule has 0 unspecified atom stereocenters. The SMILES string of the molecule is CCCCN1C=CC=C(C)C1.F[B-](F)(F)F. The highest BCUT2D eigenvalue weighted by Crippen LogP contribution is 2.07. The first-order chi connectivity index (χ1) is 7.33. The van der Waals surface area contributed by atoms with Crippen LogP contribution in [-0.4, -0.2) is 25.2 Å². The summed E-state index contributed by atoms with van der Waals surface area (Å²) >= 11 is 0. The van der Waals surface area contributed by atoms with Gasteiger partial charge in [-0.05, 0) is 25.6 Å². The smallest absolute Gasteiger partial charge is 0.418 e. The maximum atomic E-state index is 9.75. The second-order valence-electron chi connectivity index (χ2n) is 3.67. The number of hydrogen-bond donors (Lipinski definition) is 0. The predicted octanol–water partition coefficient (Wildman–Crippen LogP) is 3.86. The van der Waals surface area contributed by atoms with E-state index in [2.05, 4.69) is 37.1 Å². The summed E-state index contributed by atoms with van der Waals surface area (Å²) < 4.78 is 39.0. The molecule has 94 valence electrons. The maximum Gasteiger partial charge on any atom is 0.673 e. The fraction of sp³-hybridized carbons (Fsp3) is 0.600. The summed E-state index contributed by atoms with van der Waals surface area (Å²) in [5.41, 5.74) is 1.46. The Morgan fingerprint density at radius 3 is 2.31 bits per heavy atom. The van der Waals surface area contributed by atoms with Crippen molar-refractivity contribution in [2.75, 3.05) is 13.1 Å². The number of rotatable bonds is 3. The summed E-state index contributed by atoms with van der Waals surface area (Å²) in [6.07, 6.45) is 9.09. The fourth-order valence-corrected chi connectivity index (χ4v) is 1.27. The van der Waals surface area contributed by atoms with Gasteiger partial charge in [0.1, 0.15) is 0 Å². The highest BCUT2D eigenvalue weighted by atomic mass is 19.5. The molecule has 6 heteroatoms. The van der Waals surface area contributed by atoms with Gasteiger partial charge in [0.25, 0.3) is 0 Å². The first-order valence-corrected chi connectivity index (χ1v) is 5.28. The molecule has 0 fully saturated rings. The first-order valence-electron chi connectivity index (χ1n) is 5.28. The van der Waals surface area contributed by atoms with E-state index in [9.17, 15) is 17.3 Å². The van der Waals surface area contributed by atoms with Crippen molar-refractivity contribution in [3.8, 4) is 0 Å². The maximum absolute atomic E-state index is 9.75. The standard InChI is InChI=1S/C10H17N.BF4/c1-3-4-7-11-8-5-6-10(2)9-11;2-1(3,4)5/h5-6,8H,3-4,7,9H2,1-2H3;/q;-1. The number of halogens is 4. The van der Waals surface area contributed by atoms with Crippen LogP contribution in [0, 0.1) is 0 Å². The van der Waals surface area contributed by atoms with Crippen LogP contribution in [0.4, 0.5) is 17.3 Å². The third-order valence-electron chi connectivity index (χ3n) is 1.93. The molecule has 0 saturated carbocycles.